The Balaban J connectivity index is 1.92. The van der Waals surface area contributed by atoms with E-state index in [0.29, 0.717) is 13.1 Å². The molecule has 0 spiro atoms. The second-order valence-electron chi connectivity index (χ2n) is 7.76. The monoisotopic (exact) mass is 372 g/mol. The van der Waals surface area contributed by atoms with E-state index < -0.39 is 0 Å². The molecule has 2 aromatic heterocycles. The first-order chi connectivity index (χ1) is 12.7. The fourth-order valence-electron chi connectivity index (χ4n) is 2.85. The molecule has 148 valence electrons. The maximum absolute atomic E-state index is 5.58. The third-order valence-electron chi connectivity index (χ3n) is 4.42. The second kappa shape index (κ2) is 8.99. The molecule has 0 saturated carbocycles. The fourth-order valence-corrected chi connectivity index (χ4v) is 2.85. The Kier molecular flexibility index (Phi) is 6.96. The highest BCUT2D eigenvalue weighted by molar-refractivity contribution is 5.79. The number of pyridine rings is 1. The highest BCUT2D eigenvalue weighted by atomic mass is 16.5. The van der Waals surface area contributed by atoms with Gasteiger partial charge in [0.2, 0.25) is 0 Å². The van der Waals surface area contributed by atoms with Crippen molar-refractivity contribution in [3.63, 3.8) is 0 Å². The zero-order valence-electron chi connectivity index (χ0n) is 17.5. The van der Waals surface area contributed by atoms with Gasteiger partial charge in [0, 0.05) is 39.1 Å². The average Bonchev–Trinajstić information content (AvgIpc) is 2.95. The minimum absolute atomic E-state index is 0.0589. The second-order valence-corrected chi connectivity index (χ2v) is 7.76. The quantitative estimate of drug-likeness (QED) is 0.602. The van der Waals surface area contributed by atoms with Gasteiger partial charge in [0.15, 0.2) is 11.8 Å². The number of ether oxygens (including phenoxy) is 1. The summed E-state index contributed by atoms with van der Waals surface area (Å²) in [5, 5.41) is 11.1. The first-order valence-corrected chi connectivity index (χ1v) is 9.20. The lowest BCUT2D eigenvalue weighted by Crippen LogP contribution is -2.45. The third kappa shape index (κ3) is 5.79. The smallest absolute Gasteiger partial charge is 0.191 e. The molecule has 27 heavy (non-hydrogen) atoms. The van der Waals surface area contributed by atoms with Crippen LogP contribution in [0, 0.1) is 19.3 Å². The summed E-state index contributed by atoms with van der Waals surface area (Å²) >= 11 is 0. The van der Waals surface area contributed by atoms with E-state index >= 15 is 0 Å². The van der Waals surface area contributed by atoms with Crippen LogP contribution in [0.1, 0.15) is 37.7 Å². The van der Waals surface area contributed by atoms with E-state index in [4.69, 9.17) is 4.74 Å². The van der Waals surface area contributed by atoms with Gasteiger partial charge < -0.3 is 15.4 Å². The van der Waals surface area contributed by atoms with Crippen molar-refractivity contribution in [2.24, 2.45) is 10.4 Å². The molecule has 2 N–H and O–H groups in total. The first-order valence-electron chi connectivity index (χ1n) is 9.20. The summed E-state index contributed by atoms with van der Waals surface area (Å²) in [4.78, 5) is 8.80. The Morgan fingerprint density at radius 2 is 2.00 bits per heavy atom. The molecule has 2 heterocycles. The summed E-state index contributed by atoms with van der Waals surface area (Å²) in [7, 11) is 3.50. The Labute approximate surface area is 162 Å². The first kappa shape index (κ1) is 20.9. The summed E-state index contributed by atoms with van der Waals surface area (Å²) in [6.45, 7) is 11.8. The molecule has 2 rings (SSSR count). The third-order valence-corrected chi connectivity index (χ3v) is 4.42. The molecule has 0 aliphatic heterocycles. The van der Waals surface area contributed by atoms with Gasteiger partial charge >= 0.3 is 0 Å². The van der Waals surface area contributed by atoms with Crippen LogP contribution < -0.4 is 10.6 Å². The van der Waals surface area contributed by atoms with Crippen molar-refractivity contribution in [1.82, 2.24) is 25.4 Å². The van der Waals surface area contributed by atoms with Crippen LogP contribution in [0.4, 0.5) is 0 Å². The summed E-state index contributed by atoms with van der Waals surface area (Å²) in [5.74, 6) is 1.56. The van der Waals surface area contributed by atoms with Crippen molar-refractivity contribution < 1.29 is 4.74 Å². The van der Waals surface area contributed by atoms with Crippen molar-refractivity contribution in [2.75, 3.05) is 20.7 Å². The number of methoxy groups -OCH3 is 1. The number of nitrogens with one attached hydrogen (secondary N) is 2. The van der Waals surface area contributed by atoms with Gasteiger partial charge in [-0.3, -0.25) is 4.99 Å². The summed E-state index contributed by atoms with van der Waals surface area (Å²) < 4.78 is 7.43. The number of aromatic nitrogens is 3. The van der Waals surface area contributed by atoms with E-state index in [1.807, 2.05) is 42.9 Å². The number of rotatable bonds is 6. The normalized spacial score (nSPS) is 13.5. The molecule has 2 aromatic rings. The Hall–Kier alpha value is -2.41. The lowest BCUT2D eigenvalue weighted by molar-refractivity contribution is 0.0205. The Bertz CT molecular complexity index is 758. The van der Waals surface area contributed by atoms with Gasteiger partial charge in [-0.1, -0.05) is 26.8 Å². The maximum Gasteiger partial charge on any atom is 0.191 e. The average molecular weight is 373 g/mol. The Morgan fingerprint density at radius 3 is 2.48 bits per heavy atom. The fraction of sp³-hybridized carbons (Fsp3) is 0.550. The predicted octanol–water partition coefficient (Wildman–Crippen LogP) is 2.61. The van der Waals surface area contributed by atoms with Crippen LogP contribution in [-0.4, -0.2) is 47.5 Å². The molecule has 7 nitrogen and oxygen atoms in total. The van der Waals surface area contributed by atoms with E-state index in [1.165, 1.54) is 0 Å². The van der Waals surface area contributed by atoms with Gasteiger partial charge in [0.05, 0.1) is 11.8 Å². The molecule has 0 fully saturated rings. The number of aliphatic imine (C=N–C) groups is 1. The van der Waals surface area contributed by atoms with Crippen molar-refractivity contribution in [3.8, 4) is 5.82 Å². The SMILES string of the molecule is CN=C(NCc1ccc(-n2nc(C)cc2C)nc1)NCC(OC)C(C)(C)C. The van der Waals surface area contributed by atoms with E-state index in [1.54, 1.807) is 14.2 Å². The van der Waals surface area contributed by atoms with E-state index in [-0.39, 0.29) is 11.5 Å². The van der Waals surface area contributed by atoms with Crippen molar-refractivity contribution in [3.05, 3.63) is 41.3 Å². The van der Waals surface area contributed by atoms with Crippen LogP contribution in [0.2, 0.25) is 0 Å². The zero-order valence-corrected chi connectivity index (χ0v) is 17.5. The van der Waals surface area contributed by atoms with Gasteiger partial charge in [0.1, 0.15) is 0 Å². The highest BCUT2D eigenvalue weighted by Gasteiger charge is 2.24. The van der Waals surface area contributed by atoms with E-state index in [2.05, 4.69) is 46.5 Å². The minimum atomic E-state index is 0.0589. The molecule has 0 amide bonds. The van der Waals surface area contributed by atoms with Crippen LogP contribution in [0.15, 0.2) is 29.4 Å². The van der Waals surface area contributed by atoms with Crippen LogP contribution in [0.3, 0.4) is 0 Å². The predicted molar refractivity (Wildman–Crippen MR) is 109 cm³/mol. The zero-order chi connectivity index (χ0) is 20.0. The molecule has 0 aliphatic carbocycles. The number of hydrogen-bond donors (Lipinski definition) is 2. The number of nitrogens with zero attached hydrogens (tertiary/aromatic N) is 4. The van der Waals surface area contributed by atoms with Crippen molar-refractivity contribution in [2.45, 2.75) is 47.3 Å². The van der Waals surface area contributed by atoms with E-state index in [9.17, 15) is 0 Å². The van der Waals surface area contributed by atoms with Crippen LogP contribution in [0.25, 0.3) is 5.82 Å². The van der Waals surface area contributed by atoms with Gasteiger partial charge in [-0.15, -0.1) is 0 Å². The highest BCUT2D eigenvalue weighted by Crippen LogP contribution is 2.20. The lowest BCUT2D eigenvalue weighted by atomic mass is 9.89. The summed E-state index contributed by atoms with van der Waals surface area (Å²) in [6, 6.07) is 6.07. The largest absolute Gasteiger partial charge is 0.379 e. The molecular weight excluding hydrogens is 340 g/mol. The molecule has 0 bridgehead atoms. The number of aryl methyl sites for hydroxylation is 2. The molecule has 0 radical (unpaired) electrons. The maximum atomic E-state index is 5.58. The molecular formula is C20H32N6O. The van der Waals surface area contributed by atoms with Crippen molar-refractivity contribution >= 4 is 5.96 Å². The molecule has 0 saturated heterocycles. The summed E-state index contributed by atoms with van der Waals surface area (Å²) in [5.41, 5.74) is 3.19. The summed E-state index contributed by atoms with van der Waals surface area (Å²) in [6.07, 6.45) is 1.96. The van der Waals surface area contributed by atoms with Gasteiger partial charge in [-0.2, -0.15) is 5.10 Å². The minimum Gasteiger partial charge on any atom is -0.379 e. The Morgan fingerprint density at radius 1 is 1.26 bits per heavy atom. The number of guanidine groups is 1. The van der Waals surface area contributed by atoms with Crippen LogP contribution in [-0.2, 0) is 11.3 Å². The van der Waals surface area contributed by atoms with Gasteiger partial charge in [-0.25, -0.2) is 9.67 Å². The van der Waals surface area contributed by atoms with Crippen LogP contribution >= 0.6 is 0 Å². The molecule has 1 unspecified atom stereocenters. The molecule has 0 aliphatic rings. The van der Waals surface area contributed by atoms with E-state index in [0.717, 1.165) is 28.7 Å². The molecule has 0 aromatic carbocycles. The van der Waals surface area contributed by atoms with Crippen LogP contribution in [0.5, 0.6) is 0 Å². The standard InChI is InChI=1S/C20H32N6O/c1-14-10-15(2)26(25-14)18-9-8-16(11-22-18)12-23-19(21-6)24-13-17(27-7)20(3,4)5/h8-11,17H,12-13H2,1-7H3,(H2,21,23,24). The van der Waals surface area contributed by atoms with Gasteiger partial charge in [-0.05, 0) is 37.0 Å². The molecule has 1 atom stereocenters. The topological polar surface area (TPSA) is 76.4 Å². The number of hydrogen-bond acceptors (Lipinski definition) is 4. The van der Waals surface area contributed by atoms with Gasteiger partial charge in [0.25, 0.3) is 0 Å². The van der Waals surface area contributed by atoms with Crippen molar-refractivity contribution in [1.29, 1.82) is 0 Å². The molecule has 7 heteroatoms. The lowest BCUT2D eigenvalue weighted by Gasteiger charge is -2.30.